The first-order chi connectivity index (χ1) is 10.6. The second-order valence-electron chi connectivity index (χ2n) is 5.27. The summed E-state index contributed by atoms with van der Waals surface area (Å²) < 4.78 is 1.72. The minimum atomic E-state index is -0.0574. The second kappa shape index (κ2) is 7.56. The predicted molar refractivity (Wildman–Crippen MR) is 90.3 cm³/mol. The Labute approximate surface area is 135 Å². The number of aryl methyl sites for hydroxylation is 1. The van der Waals surface area contributed by atoms with Gasteiger partial charge in [0.2, 0.25) is 0 Å². The molecular formula is C16H24N4OS. The van der Waals surface area contributed by atoms with Crippen LogP contribution in [0.4, 0.5) is 0 Å². The number of carbonyl (C=O) groups excluding carboxylic acids is 1. The maximum Gasteiger partial charge on any atom is 0.254 e. The molecule has 1 atom stereocenters. The van der Waals surface area contributed by atoms with Crippen LogP contribution in [0.3, 0.4) is 0 Å². The van der Waals surface area contributed by atoms with Crippen molar-refractivity contribution in [1.29, 1.82) is 0 Å². The van der Waals surface area contributed by atoms with Crippen LogP contribution < -0.4 is 5.32 Å². The fourth-order valence-corrected chi connectivity index (χ4v) is 3.30. The van der Waals surface area contributed by atoms with E-state index in [9.17, 15) is 4.79 Å². The van der Waals surface area contributed by atoms with Crippen molar-refractivity contribution in [2.24, 2.45) is 7.05 Å². The average molecular weight is 320 g/mol. The number of nitrogens with zero attached hydrogens (tertiary/aromatic N) is 3. The summed E-state index contributed by atoms with van der Waals surface area (Å²) in [6.07, 6.45) is 1.63. The van der Waals surface area contributed by atoms with Crippen molar-refractivity contribution in [2.45, 2.75) is 26.8 Å². The highest BCUT2D eigenvalue weighted by atomic mass is 32.1. The largest absolute Gasteiger partial charge is 0.350 e. The van der Waals surface area contributed by atoms with Gasteiger partial charge >= 0.3 is 0 Å². The Morgan fingerprint density at radius 1 is 1.45 bits per heavy atom. The number of rotatable bonds is 7. The Bertz CT molecular complexity index is 602. The Morgan fingerprint density at radius 3 is 2.68 bits per heavy atom. The normalized spacial score (nSPS) is 12.6. The molecule has 0 aromatic carbocycles. The highest BCUT2D eigenvalue weighted by Gasteiger charge is 2.20. The molecule has 0 saturated carbocycles. The van der Waals surface area contributed by atoms with Gasteiger partial charge in [0, 0.05) is 19.3 Å². The van der Waals surface area contributed by atoms with E-state index in [0.29, 0.717) is 12.1 Å². The van der Waals surface area contributed by atoms with Gasteiger partial charge in [-0.25, -0.2) is 0 Å². The molecule has 2 aromatic heterocycles. The van der Waals surface area contributed by atoms with Crippen LogP contribution >= 0.6 is 11.3 Å². The molecule has 22 heavy (non-hydrogen) atoms. The summed E-state index contributed by atoms with van der Waals surface area (Å²) >= 11 is 1.69. The number of thiophene rings is 1. The molecule has 0 radical (unpaired) electrons. The lowest BCUT2D eigenvalue weighted by Gasteiger charge is -2.29. The molecule has 6 heteroatoms. The molecule has 0 spiro atoms. The van der Waals surface area contributed by atoms with Gasteiger partial charge in [-0.2, -0.15) is 16.4 Å². The molecule has 1 amide bonds. The molecule has 0 saturated heterocycles. The topological polar surface area (TPSA) is 50.2 Å². The zero-order valence-electron chi connectivity index (χ0n) is 13.7. The smallest absolute Gasteiger partial charge is 0.254 e. The summed E-state index contributed by atoms with van der Waals surface area (Å²) in [6, 6.07) is 2.34. The number of likely N-dealkylation sites (N-methyl/N-ethyl adjacent to an activating group) is 1. The van der Waals surface area contributed by atoms with E-state index in [4.69, 9.17) is 0 Å². The molecule has 1 N–H and O–H groups in total. The van der Waals surface area contributed by atoms with Crippen molar-refractivity contribution >= 4 is 17.2 Å². The summed E-state index contributed by atoms with van der Waals surface area (Å²) in [5, 5.41) is 11.4. The van der Waals surface area contributed by atoms with Crippen LogP contribution in [0.2, 0.25) is 0 Å². The van der Waals surface area contributed by atoms with Crippen LogP contribution in [-0.4, -0.2) is 40.2 Å². The molecule has 0 aliphatic carbocycles. The molecule has 2 rings (SSSR count). The SMILES string of the molecule is CCN(CC)C(CNC(=O)c1cnn(C)c1C)c1ccsc1. The van der Waals surface area contributed by atoms with E-state index >= 15 is 0 Å². The average Bonchev–Trinajstić information content (AvgIpc) is 3.15. The maximum absolute atomic E-state index is 12.4. The van der Waals surface area contributed by atoms with E-state index in [0.717, 1.165) is 18.8 Å². The van der Waals surface area contributed by atoms with Crippen molar-refractivity contribution in [3.8, 4) is 0 Å². The molecule has 120 valence electrons. The first-order valence-corrected chi connectivity index (χ1v) is 8.55. The first-order valence-electron chi connectivity index (χ1n) is 7.61. The lowest BCUT2D eigenvalue weighted by Crippen LogP contribution is -2.38. The molecule has 1 unspecified atom stereocenters. The second-order valence-corrected chi connectivity index (χ2v) is 6.05. The Kier molecular flexibility index (Phi) is 5.74. The third kappa shape index (κ3) is 3.56. The van der Waals surface area contributed by atoms with Crippen LogP contribution in [0.15, 0.2) is 23.0 Å². The van der Waals surface area contributed by atoms with E-state index in [-0.39, 0.29) is 11.9 Å². The zero-order valence-corrected chi connectivity index (χ0v) is 14.5. The molecule has 0 bridgehead atoms. The fraction of sp³-hybridized carbons (Fsp3) is 0.500. The minimum absolute atomic E-state index is 0.0574. The van der Waals surface area contributed by atoms with E-state index in [1.807, 2.05) is 14.0 Å². The summed E-state index contributed by atoms with van der Waals surface area (Å²) in [6.45, 7) is 8.72. The Hall–Kier alpha value is -1.66. The third-order valence-electron chi connectivity index (χ3n) is 4.12. The van der Waals surface area contributed by atoms with Crippen LogP contribution in [0.1, 0.15) is 41.5 Å². The highest BCUT2D eigenvalue weighted by Crippen LogP contribution is 2.22. The predicted octanol–water partition coefficient (Wildman–Crippen LogP) is 2.60. The van der Waals surface area contributed by atoms with Crippen LogP contribution in [-0.2, 0) is 7.05 Å². The molecule has 5 nitrogen and oxygen atoms in total. The van der Waals surface area contributed by atoms with E-state index in [2.05, 4.69) is 46.0 Å². The number of nitrogens with one attached hydrogen (secondary N) is 1. The van der Waals surface area contributed by atoms with Gasteiger partial charge in [0.1, 0.15) is 0 Å². The van der Waals surface area contributed by atoms with Crippen molar-refractivity contribution in [3.63, 3.8) is 0 Å². The van der Waals surface area contributed by atoms with Gasteiger partial charge in [0.05, 0.1) is 17.8 Å². The standard InChI is InChI=1S/C16H24N4OS/c1-5-20(6-2)15(13-7-8-22-11-13)10-17-16(21)14-9-18-19(4)12(14)3/h7-9,11,15H,5-6,10H2,1-4H3,(H,17,21). The number of amides is 1. The van der Waals surface area contributed by atoms with Crippen molar-refractivity contribution < 1.29 is 4.79 Å². The van der Waals surface area contributed by atoms with E-state index in [1.54, 1.807) is 22.2 Å². The van der Waals surface area contributed by atoms with E-state index < -0.39 is 0 Å². The van der Waals surface area contributed by atoms with Gasteiger partial charge < -0.3 is 5.32 Å². The van der Waals surface area contributed by atoms with E-state index in [1.165, 1.54) is 5.56 Å². The summed E-state index contributed by atoms with van der Waals surface area (Å²) in [5.74, 6) is -0.0574. The van der Waals surface area contributed by atoms with Gasteiger partial charge in [-0.1, -0.05) is 13.8 Å². The van der Waals surface area contributed by atoms with Crippen LogP contribution in [0.5, 0.6) is 0 Å². The molecule has 0 aliphatic heterocycles. The summed E-state index contributed by atoms with van der Waals surface area (Å²) in [4.78, 5) is 14.7. The third-order valence-corrected chi connectivity index (χ3v) is 4.82. The van der Waals surface area contributed by atoms with Crippen LogP contribution in [0, 0.1) is 6.92 Å². The minimum Gasteiger partial charge on any atom is -0.350 e. The van der Waals surface area contributed by atoms with Gasteiger partial charge in [-0.15, -0.1) is 0 Å². The Morgan fingerprint density at radius 2 is 2.18 bits per heavy atom. The van der Waals surface area contributed by atoms with Crippen LogP contribution in [0.25, 0.3) is 0 Å². The maximum atomic E-state index is 12.4. The number of carbonyl (C=O) groups is 1. The number of aromatic nitrogens is 2. The Balaban J connectivity index is 2.08. The van der Waals surface area contributed by atoms with Gasteiger partial charge in [-0.05, 0) is 42.4 Å². The monoisotopic (exact) mass is 320 g/mol. The molecule has 2 heterocycles. The zero-order chi connectivity index (χ0) is 16.1. The van der Waals surface area contributed by atoms with Gasteiger partial charge in [0.25, 0.3) is 5.91 Å². The van der Waals surface area contributed by atoms with Crippen molar-refractivity contribution in [3.05, 3.63) is 39.8 Å². The van der Waals surface area contributed by atoms with Crippen molar-refractivity contribution in [2.75, 3.05) is 19.6 Å². The lowest BCUT2D eigenvalue weighted by atomic mass is 10.1. The van der Waals surface area contributed by atoms with Gasteiger partial charge in [0.15, 0.2) is 0 Å². The van der Waals surface area contributed by atoms with Crippen molar-refractivity contribution in [1.82, 2.24) is 20.0 Å². The quantitative estimate of drug-likeness (QED) is 0.853. The summed E-state index contributed by atoms with van der Waals surface area (Å²) in [5.41, 5.74) is 2.79. The molecule has 2 aromatic rings. The highest BCUT2D eigenvalue weighted by molar-refractivity contribution is 7.07. The molecule has 0 aliphatic rings. The number of hydrogen-bond acceptors (Lipinski definition) is 4. The first kappa shape index (κ1) is 16.7. The summed E-state index contributed by atoms with van der Waals surface area (Å²) in [7, 11) is 1.84. The lowest BCUT2D eigenvalue weighted by molar-refractivity contribution is 0.0934. The fourth-order valence-electron chi connectivity index (χ4n) is 2.59. The number of hydrogen-bond donors (Lipinski definition) is 1. The molecular weight excluding hydrogens is 296 g/mol. The molecule has 0 fully saturated rings. The van der Waals surface area contributed by atoms with Gasteiger partial charge in [-0.3, -0.25) is 14.4 Å².